The van der Waals surface area contributed by atoms with E-state index in [1.807, 2.05) is 6.07 Å². The van der Waals surface area contributed by atoms with E-state index in [0.29, 0.717) is 16.7 Å². The molecule has 0 aliphatic rings. The number of hydrogen-bond donors (Lipinski definition) is 0. The van der Waals surface area contributed by atoms with E-state index < -0.39 is 5.82 Å². The number of halogens is 1. The third-order valence-corrected chi connectivity index (χ3v) is 2.55. The highest BCUT2D eigenvalue weighted by molar-refractivity contribution is 5.87. The molecule has 0 aliphatic heterocycles. The molecule has 2 aromatic rings. The highest BCUT2D eigenvalue weighted by atomic mass is 19.1. The minimum atomic E-state index is -0.439. The molecule has 2 aromatic carbocycles. The number of methoxy groups -OCH3 is 1. The number of benzene rings is 2. The predicted octanol–water partition coefficient (Wildman–Crippen LogP) is 3.31. The standard InChI is InChI=1S/C14H11FO2/c1-17-14-7-6-10(8-13(14)15)12-5-3-2-4-11(12)9-16/h2-9H,1H3. The lowest BCUT2D eigenvalue weighted by Gasteiger charge is -2.07. The normalized spacial score (nSPS) is 10.0. The van der Waals surface area contributed by atoms with Crippen LogP contribution in [0, 0.1) is 5.82 Å². The molecule has 0 aliphatic carbocycles. The summed E-state index contributed by atoms with van der Waals surface area (Å²) in [5.74, 6) is -0.247. The summed E-state index contributed by atoms with van der Waals surface area (Å²) in [4.78, 5) is 10.9. The third kappa shape index (κ3) is 2.18. The van der Waals surface area contributed by atoms with Gasteiger partial charge in [-0.3, -0.25) is 4.79 Å². The van der Waals surface area contributed by atoms with E-state index in [-0.39, 0.29) is 5.75 Å². The molecular formula is C14H11FO2. The molecule has 0 saturated heterocycles. The first-order valence-electron chi connectivity index (χ1n) is 5.14. The second-order valence-corrected chi connectivity index (χ2v) is 3.55. The monoisotopic (exact) mass is 230 g/mol. The summed E-state index contributed by atoms with van der Waals surface area (Å²) < 4.78 is 18.4. The zero-order valence-electron chi connectivity index (χ0n) is 9.31. The molecule has 2 nitrogen and oxygen atoms in total. The smallest absolute Gasteiger partial charge is 0.165 e. The highest BCUT2D eigenvalue weighted by Crippen LogP contribution is 2.27. The topological polar surface area (TPSA) is 26.3 Å². The number of ether oxygens (including phenoxy) is 1. The first-order chi connectivity index (χ1) is 8.26. The first kappa shape index (κ1) is 11.3. The Morgan fingerprint density at radius 1 is 1.18 bits per heavy atom. The Hall–Kier alpha value is -2.16. The van der Waals surface area contributed by atoms with Crippen LogP contribution in [0.4, 0.5) is 4.39 Å². The Morgan fingerprint density at radius 2 is 1.94 bits per heavy atom. The molecule has 2 rings (SSSR count). The first-order valence-corrected chi connectivity index (χ1v) is 5.14. The van der Waals surface area contributed by atoms with Gasteiger partial charge in [0.1, 0.15) is 0 Å². The van der Waals surface area contributed by atoms with Crippen molar-refractivity contribution in [3.63, 3.8) is 0 Å². The van der Waals surface area contributed by atoms with E-state index in [2.05, 4.69) is 0 Å². The van der Waals surface area contributed by atoms with Gasteiger partial charge in [0, 0.05) is 5.56 Å². The number of rotatable bonds is 3. The molecule has 0 heterocycles. The quantitative estimate of drug-likeness (QED) is 0.756. The summed E-state index contributed by atoms with van der Waals surface area (Å²) in [6.07, 6.45) is 0.761. The number of aldehydes is 1. The number of carbonyl (C=O) groups excluding carboxylic acids is 1. The van der Waals surface area contributed by atoms with Crippen molar-refractivity contribution < 1.29 is 13.9 Å². The summed E-state index contributed by atoms with van der Waals surface area (Å²) >= 11 is 0. The van der Waals surface area contributed by atoms with Gasteiger partial charge in [-0.2, -0.15) is 0 Å². The molecule has 0 fully saturated rings. The van der Waals surface area contributed by atoms with Crippen molar-refractivity contribution >= 4 is 6.29 Å². The summed E-state index contributed by atoms with van der Waals surface area (Å²) in [6.45, 7) is 0. The van der Waals surface area contributed by atoms with Gasteiger partial charge >= 0.3 is 0 Å². The lowest BCUT2D eigenvalue weighted by atomic mass is 10.0. The molecular weight excluding hydrogens is 219 g/mol. The van der Waals surface area contributed by atoms with Gasteiger partial charge in [-0.1, -0.05) is 30.3 Å². The van der Waals surface area contributed by atoms with Gasteiger partial charge in [0.15, 0.2) is 17.9 Å². The van der Waals surface area contributed by atoms with E-state index in [1.165, 1.54) is 13.2 Å². The second kappa shape index (κ2) is 4.78. The number of carbonyl (C=O) groups is 1. The summed E-state index contributed by atoms with van der Waals surface area (Å²) in [7, 11) is 1.41. The lowest BCUT2D eigenvalue weighted by Crippen LogP contribution is -1.91. The van der Waals surface area contributed by atoms with Gasteiger partial charge in [0.2, 0.25) is 0 Å². The molecule has 0 saturated carbocycles. The summed E-state index contributed by atoms with van der Waals surface area (Å²) in [6, 6.07) is 11.7. The Morgan fingerprint density at radius 3 is 2.59 bits per heavy atom. The maximum absolute atomic E-state index is 13.6. The van der Waals surface area contributed by atoms with Crippen LogP contribution in [0.25, 0.3) is 11.1 Å². The Kier molecular flexibility index (Phi) is 3.19. The summed E-state index contributed by atoms with van der Waals surface area (Å²) in [5.41, 5.74) is 1.91. The van der Waals surface area contributed by atoms with Crippen LogP contribution in [0.2, 0.25) is 0 Å². The van der Waals surface area contributed by atoms with Gasteiger partial charge in [0.05, 0.1) is 7.11 Å². The molecule has 0 N–H and O–H groups in total. The van der Waals surface area contributed by atoms with Crippen molar-refractivity contribution in [1.82, 2.24) is 0 Å². The highest BCUT2D eigenvalue weighted by Gasteiger charge is 2.07. The lowest BCUT2D eigenvalue weighted by molar-refractivity contribution is 0.112. The largest absolute Gasteiger partial charge is 0.494 e. The molecule has 0 aromatic heterocycles. The molecule has 3 heteroatoms. The fourth-order valence-electron chi connectivity index (χ4n) is 1.70. The maximum atomic E-state index is 13.6. The van der Waals surface area contributed by atoms with Crippen molar-refractivity contribution in [1.29, 1.82) is 0 Å². The average Bonchev–Trinajstić information content (AvgIpc) is 2.38. The van der Waals surface area contributed by atoms with Crippen LogP contribution in [-0.2, 0) is 0 Å². The van der Waals surface area contributed by atoms with Gasteiger partial charge in [-0.15, -0.1) is 0 Å². The molecule has 0 unspecified atom stereocenters. The summed E-state index contributed by atoms with van der Waals surface area (Å²) in [5, 5.41) is 0. The van der Waals surface area contributed by atoms with Crippen molar-refractivity contribution in [2.75, 3.05) is 7.11 Å². The molecule has 86 valence electrons. The van der Waals surface area contributed by atoms with Crippen molar-refractivity contribution in [2.24, 2.45) is 0 Å². The van der Waals surface area contributed by atoms with Gasteiger partial charge in [-0.05, 0) is 23.3 Å². The van der Waals surface area contributed by atoms with Crippen LogP contribution >= 0.6 is 0 Å². The number of hydrogen-bond acceptors (Lipinski definition) is 2. The fourth-order valence-corrected chi connectivity index (χ4v) is 1.70. The van der Waals surface area contributed by atoms with Crippen LogP contribution in [0.3, 0.4) is 0 Å². The second-order valence-electron chi connectivity index (χ2n) is 3.55. The zero-order chi connectivity index (χ0) is 12.3. The van der Waals surface area contributed by atoms with Crippen molar-refractivity contribution in [3.8, 4) is 16.9 Å². The van der Waals surface area contributed by atoms with Crippen LogP contribution in [0.1, 0.15) is 10.4 Å². The van der Waals surface area contributed by atoms with Crippen LogP contribution < -0.4 is 4.74 Å². The van der Waals surface area contributed by atoms with Gasteiger partial charge in [-0.25, -0.2) is 4.39 Å². The van der Waals surface area contributed by atoms with Gasteiger partial charge in [0.25, 0.3) is 0 Å². The van der Waals surface area contributed by atoms with E-state index in [1.54, 1.807) is 30.3 Å². The SMILES string of the molecule is COc1ccc(-c2ccccc2C=O)cc1F. The molecule has 17 heavy (non-hydrogen) atoms. The van der Waals surface area contributed by atoms with E-state index in [0.717, 1.165) is 6.29 Å². The average molecular weight is 230 g/mol. The Labute approximate surface area is 98.7 Å². The molecule has 0 spiro atoms. The molecule has 0 amide bonds. The fraction of sp³-hybridized carbons (Fsp3) is 0.0714. The van der Waals surface area contributed by atoms with E-state index >= 15 is 0 Å². The van der Waals surface area contributed by atoms with Crippen LogP contribution in [0.5, 0.6) is 5.75 Å². The van der Waals surface area contributed by atoms with Crippen molar-refractivity contribution in [3.05, 3.63) is 53.8 Å². The molecule has 0 atom stereocenters. The zero-order valence-corrected chi connectivity index (χ0v) is 9.31. The van der Waals surface area contributed by atoms with E-state index in [9.17, 15) is 9.18 Å². The molecule has 0 radical (unpaired) electrons. The maximum Gasteiger partial charge on any atom is 0.165 e. The van der Waals surface area contributed by atoms with Crippen LogP contribution in [0.15, 0.2) is 42.5 Å². The van der Waals surface area contributed by atoms with Crippen molar-refractivity contribution in [2.45, 2.75) is 0 Å². The minimum absolute atomic E-state index is 0.192. The Bertz CT molecular complexity index is 550. The molecule has 0 bridgehead atoms. The third-order valence-electron chi connectivity index (χ3n) is 2.55. The van der Waals surface area contributed by atoms with Crippen LogP contribution in [-0.4, -0.2) is 13.4 Å². The van der Waals surface area contributed by atoms with E-state index in [4.69, 9.17) is 4.74 Å². The Balaban J connectivity index is 2.53. The minimum Gasteiger partial charge on any atom is -0.494 e. The predicted molar refractivity (Wildman–Crippen MR) is 63.8 cm³/mol. The van der Waals surface area contributed by atoms with Gasteiger partial charge < -0.3 is 4.74 Å².